The fourth-order valence-electron chi connectivity index (χ4n) is 2.19. The number of benzene rings is 2. The number of thiocarbonyl (C=S) groups is 1. The van der Waals surface area contributed by atoms with E-state index in [0.717, 1.165) is 11.1 Å². The Balaban J connectivity index is 1.62. The fourth-order valence-corrected chi connectivity index (χ4v) is 2.24. The van der Waals surface area contributed by atoms with Crippen molar-refractivity contribution in [3.63, 3.8) is 0 Å². The third kappa shape index (κ3) is 4.39. The summed E-state index contributed by atoms with van der Waals surface area (Å²) in [4.78, 5) is 13.5. The average Bonchev–Trinajstić information content (AvgIpc) is 3.15. The highest BCUT2D eigenvalue weighted by atomic mass is 32.1. The number of carbonyl (C=O) groups is 1. The molecule has 8 nitrogen and oxygen atoms in total. The molecule has 0 aliphatic carbocycles. The summed E-state index contributed by atoms with van der Waals surface area (Å²) >= 11 is 4.90. The fraction of sp³-hybridized carbons (Fsp3) is 0.118. The molecule has 0 aliphatic heterocycles. The summed E-state index contributed by atoms with van der Waals surface area (Å²) < 4.78 is 0. The van der Waals surface area contributed by atoms with Gasteiger partial charge in [0.1, 0.15) is 0 Å². The van der Waals surface area contributed by atoms with E-state index >= 15 is 0 Å². The van der Waals surface area contributed by atoms with Crippen LogP contribution >= 0.6 is 12.2 Å². The summed E-state index contributed by atoms with van der Waals surface area (Å²) in [5, 5.41) is 15.6. The van der Waals surface area contributed by atoms with Gasteiger partial charge in [0, 0.05) is 18.2 Å². The highest BCUT2D eigenvalue weighted by Gasteiger charge is 2.08. The van der Waals surface area contributed by atoms with Crippen LogP contribution in [-0.4, -0.2) is 38.3 Å². The van der Waals surface area contributed by atoms with E-state index in [0.29, 0.717) is 23.0 Å². The summed E-state index contributed by atoms with van der Waals surface area (Å²) in [6.07, 6.45) is 0. The molecular formula is C17H17N7OS. The van der Waals surface area contributed by atoms with E-state index in [2.05, 4.69) is 31.6 Å². The highest BCUT2D eigenvalue weighted by molar-refractivity contribution is 7.80. The van der Waals surface area contributed by atoms with Gasteiger partial charge in [0.05, 0.1) is 6.54 Å². The molecule has 2 aromatic carbocycles. The van der Waals surface area contributed by atoms with Crippen LogP contribution in [0.4, 0.5) is 0 Å². The largest absolute Gasteiger partial charge is 0.364 e. The molecule has 1 amide bonds. The van der Waals surface area contributed by atoms with Crippen LogP contribution in [0.15, 0.2) is 54.6 Å². The van der Waals surface area contributed by atoms with E-state index in [1.54, 1.807) is 19.2 Å². The molecule has 0 fully saturated rings. The third-order valence-corrected chi connectivity index (χ3v) is 3.85. The van der Waals surface area contributed by atoms with Crippen molar-refractivity contribution in [2.75, 3.05) is 7.05 Å². The van der Waals surface area contributed by atoms with E-state index in [1.807, 2.05) is 42.5 Å². The van der Waals surface area contributed by atoms with Gasteiger partial charge < -0.3 is 5.32 Å². The van der Waals surface area contributed by atoms with Crippen LogP contribution in [0, 0.1) is 0 Å². The Morgan fingerprint density at radius 2 is 1.81 bits per heavy atom. The smallest absolute Gasteiger partial charge is 0.269 e. The molecule has 132 valence electrons. The number of nitrogens with zero attached hydrogens (tertiary/aromatic N) is 4. The standard InChI is InChI=1S/C17H17N7OS/c1-18-17(26)21-20-16(25)14-9-7-12(8-10-14)11-24-22-15(19-23-24)13-5-3-2-4-6-13/h2-10H,11H2,1H3,(H,20,25)(H2,18,21,26). The minimum Gasteiger partial charge on any atom is -0.364 e. The SMILES string of the molecule is CNC(=S)NNC(=O)c1ccc(Cn2nnc(-c3ccccc3)n2)cc1. The molecule has 0 aliphatic rings. The lowest BCUT2D eigenvalue weighted by atomic mass is 10.1. The van der Waals surface area contributed by atoms with E-state index in [1.165, 1.54) is 4.80 Å². The van der Waals surface area contributed by atoms with Crippen LogP contribution in [0.2, 0.25) is 0 Å². The number of amides is 1. The zero-order valence-electron chi connectivity index (χ0n) is 14.0. The maximum Gasteiger partial charge on any atom is 0.269 e. The Morgan fingerprint density at radius 1 is 1.08 bits per heavy atom. The first-order valence-corrected chi connectivity index (χ1v) is 8.27. The third-order valence-electron chi connectivity index (χ3n) is 3.54. The molecule has 0 atom stereocenters. The van der Waals surface area contributed by atoms with Crippen LogP contribution in [0.25, 0.3) is 11.4 Å². The van der Waals surface area contributed by atoms with Gasteiger partial charge in [-0.2, -0.15) is 4.80 Å². The van der Waals surface area contributed by atoms with E-state index in [-0.39, 0.29) is 5.91 Å². The Morgan fingerprint density at radius 3 is 2.50 bits per heavy atom. The second-order valence-corrected chi connectivity index (χ2v) is 5.77. The molecule has 0 bridgehead atoms. The lowest BCUT2D eigenvalue weighted by Crippen LogP contribution is -2.45. The second kappa shape index (κ2) is 8.17. The zero-order valence-corrected chi connectivity index (χ0v) is 14.8. The molecule has 0 radical (unpaired) electrons. The van der Waals surface area contributed by atoms with Crippen LogP contribution in [0.3, 0.4) is 0 Å². The molecule has 9 heteroatoms. The van der Waals surface area contributed by atoms with E-state index in [4.69, 9.17) is 12.2 Å². The number of nitrogens with one attached hydrogen (secondary N) is 3. The molecule has 0 unspecified atom stereocenters. The van der Waals surface area contributed by atoms with Crippen molar-refractivity contribution >= 4 is 23.2 Å². The Labute approximate surface area is 155 Å². The zero-order chi connectivity index (χ0) is 18.4. The van der Waals surface area contributed by atoms with Crippen LogP contribution in [-0.2, 0) is 6.54 Å². The first-order chi connectivity index (χ1) is 12.7. The first-order valence-electron chi connectivity index (χ1n) is 7.86. The monoisotopic (exact) mass is 367 g/mol. The lowest BCUT2D eigenvalue weighted by Gasteiger charge is -2.09. The van der Waals surface area contributed by atoms with Crippen molar-refractivity contribution in [2.24, 2.45) is 0 Å². The van der Waals surface area contributed by atoms with Gasteiger partial charge in [-0.05, 0) is 35.1 Å². The quantitative estimate of drug-likeness (QED) is 0.470. The second-order valence-electron chi connectivity index (χ2n) is 5.36. The molecule has 0 saturated heterocycles. The summed E-state index contributed by atoms with van der Waals surface area (Å²) in [5.74, 6) is 0.299. The maximum atomic E-state index is 12.0. The molecule has 3 aromatic rings. The summed E-state index contributed by atoms with van der Waals surface area (Å²) in [6, 6.07) is 16.8. The van der Waals surface area contributed by atoms with Crippen molar-refractivity contribution in [3.8, 4) is 11.4 Å². The molecular weight excluding hydrogens is 350 g/mol. The molecule has 3 N–H and O–H groups in total. The van der Waals surface area contributed by atoms with Gasteiger partial charge in [0.15, 0.2) is 5.11 Å². The van der Waals surface area contributed by atoms with Gasteiger partial charge >= 0.3 is 0 Å². The minimum absolute atomic E-state index is 0.278. The average molecular weight is 367 g/mol. The molecule has 1 aromatic heterocycles. The van der Waals surface area contributed by atoms with Crippen molar-refractivity contribution < 1.29 is 4.79 Å². The molecule has 0 saturated carbocycles. The number of carbonyl (C=O) groups excluding carboxylic acids is 1. The number of hydrogen-bond donors (Lipinski definition) is 3. The van der Waals surface area contributed by atoms with Gasteiger partial charge in [-0.3, -0.25) is 15.6 Å². The minimum atomic E-state index is -0.278. The first kappa shape index (κ1) is 17.5. The van der Waals surface area contributed by atoms with Gasteiger partial charge in [0.25, 0.3) is 5.91 Å². The lowest BCUT2D eigenvalue weighted by molar-refractivity contribution is 0.0944. The summed E-state index contributed by atoms with van der Waals surface area (Å²) in [7, 11) is 1.66. The van der Waals surface area contributed by atoms with E-state index in [9.17, 15) is 4.79 Å². The number of hydrazine groups is 1. The Bertz CT molecular complexity index is 893. The molecule has 0 spiro atoms. The Kier molecular flexibility index (Phi) is 5.49. The normalized spacial score (nSPS) is 10.2. The van der Waals surface area contributed by atoms with Gasteiger partial charge in [-0.15, -0.1) is 10.2 Å². The van der Waals surface area contributed by atoms with Gasteiger partial charge in [-0.1, -0.05) is 42.5 Å². The summed E-state index contributed by atoms with van der Waals surface area (Å²) in [6.45, 7) is 0.462. The van der Waals surface area contributed by atoms with Crippen molar-refractivity contribution in [3.05, 3.63) is 65.7 Å². The van der Waals surface area contributed by atoms with E-state index < -0.39 is 0 Å². The molecule has 3 rings (SSSR count). The topological polar surface area (TPSA) is 96.8 Å². The van der Waals surface area contributed by atoms with Crippen molar-refractivity contribution in [1.82, 2.24) is 36.4 Å². The van der Waals surface area contributed by atoms with Crippen LogP contribution < -0.4 is 16.2 Å². The number of aromatic nitrogens is 4. The summed E-state index contributed by atoms with van der Waals surface area (Å²) in [5.41, 5.74) is 7.48. The van der Waals surface area contributed by atoms with Gasteiger partial charge in [-0.25, -0.2) is 0 Å². The van der Waals surface area contributed by atoms with Crippen LogP contribution in [0.1, 0.15) is 15.9 Å². The van der Waals surface area contributed by atoms with Crippen molar-refractivity contribution in [1.29, 1.82) is 0 Å². The Hall–Kier alpha value is -3.33. The maximum absolute atomic E-state index is 12.0. The molecule has 1 heterocycles. The number of tetrazole rings is 1. The van der Waals surface area contributed by atoms with Gasteiger partial charge in [0.2, 0.25) is 5.82 Å². The number of hydrogen-bond acceptors (Lipinski definition) is 5. The van der Waals surface area contributed by atoms with Crippen molar-refractivity contribution in [2.45, 2.75) is 6.54 Å². The van der Waals surface area contributed by atoms with Crippen LogP contribution in [0.5, 0.6) is 0 Å². The molecule has 26 heavy (non-hydrogen) atoms. The predicted octanol–water partition coefficient (Wildman–Crippen LogP) is 1.13. The highest BCUT2D eigenvalue weighted by Crippen LogP contribution is 2.12. The predicted molar refractivity (Wildman–Crippen MR) is 101 cm³/mol. The number of rotatable bonds is 4.